The van der Waals surface area contributed by atoms with Crippen LogP contribution in [0.2, 0.25) is 0 Å². The van der Waals surface area contributed by atoms with Crippen molar-refractivity contribution in [1.29, 1.82) is 0 Å². The van der Waals surface area contributed by atoms with Crippen molar-refractivity contribution in [3.05, 3.63) is 100 Å². The number of rotatable bonds is 10. The molecule has 0 aliphatic carbocycles. The average molecular weight is 565 g/mol. The fourth-order valence-corrected chi connectivity index (χ4v) is 5.18. The van der Waals surface area contributed by atoms with Crippen LogP contribution in [0.4, 0.5) is 16.2 Å². The summed E-state index contributed by atoms with van der Waals surface area (Å²) in [5.41, 5.74) is 4.47. The van der Waals surface area contributed by atoms with E-state index in [1.807, 2.05) is 54.6 Å². The summed E-state index contributed by atoms with van der Waals surface area (Å²) in [7, 11) is 1.60. The van der Waals surface area contributed by atoms with E-state index in [4.69, 9.17) is 4.74 Å². The summed E-state index contributed by atoms with van der Waals surface area (Å²) < 4.78 is 7.13. The lowest BCUT2D eigenvalue weighted by Crippen LogP contribution is -2.30. The quantitative estimate of drug-likeness (QED) is 0.170. The number of aromatic amines is 1. The van der Waals surface area contributed by atoms with Gasteiger partial charge in [-0.15, -0.1) is 0 Å². The fourth-order valence-electron chi connectivity index (χ4n) is 5.18. The number of ether oxygens (including phenoxy) is 1. The number of carbonyl (C=O) groups excluding carboxylic acids is 1. The molecule has 0 saturated carbocycles. The van der Waals surface area contributed by atoms with Crippen molar-refractivity contribution in [2.45, 2.75) is 52.5 Å². The lowest BCUT2D eigenvalue weighted by molar-refractivity contribution is 0.262. The van der Waals surface area contributed by atoms with Crippen molar-refractivity contribution in [1.82, 2.24) is 19.5 Å². The Morgan fingerprint density at radius 1 is 1.05 bits per heavy atom. The summed E-state index contributed by atoms with van der Waals surface area (Å²) in [6.45, 7) is 6.72. The molecule has 3 N–H and O–H groups in total. The number of H-pyrrole nitrogens is 1. The number of aromatic nitrogens is 4. The molecule has 0 unspecified atom stereocenters. The lowest BCUT2D eigenvalue weighted by Gasteiger charge is -2.20. The molecule has 216 valence electrons. The molecule has 3 heterocycles. The topological polar surface area (TPSA) is 114 Å². The summed E-state index contributed by atoms with van der Waals surface area (Å²) in [5, 5.41) is 6.73. The molecule has 5 rings (SSSR count). The van der Waals surface area contributed by atoms with E-state index in [0.717, 1.165) is 40.7 Å². The van der Waals surface area contributed by atoms with E-state index in [9.17, 15) is 9.59 Å². The van der Waals surface area contributed by atoms with Gasteiger partial charge in [-0.05, 0) is 59.4 Å². The first-order chi connectivity index (χ1) is 20.4. The maximum atomic E-state index is 14.1. The number of anilines is 2. The van der Waals surface area contributed by atoms with Crippen molar-refractivity contribution in [3.8, 4) is 16.9 Å². The highest BCUT2D eigenvalue weighted by molar-refractivity contribution is 6.07. The second kappa shape index (κ2) is 12.7. The van der Waals surface area contributed by atoms with E-state index in [1.165, 1.54) is 0 Å². The predicted octanol–water partition coefficient (Wildman–Crippen LogP) is 6.95. The van der Waals surface area contributed by atoms with Gasteiger partial charge in [-0.25, -0.2) is 14.8 Å². The number of urea groups is 1. The summed E-state index contributed by atoms with van der Waals surface area (Å²) in [5.74, 6) is 1.65. The minimum absolute atomic E-state index is 0.170. The van der Waals surface area contributed by atoms with E-state index in [2.05, 4.69) is 46.4 Å². The summed E-state index contributed by atoms with van der Waals surface area (Å²) in [6, 6.07) is 16.8. The van der Waals surface area contributed by atoms with Gasteiger partial charge in [-0.2, -0.15) is 0 Å². The number of methoxy groups -OCH3 is 1. The smallest absolute Gasteiger partial charge is 0.323 e. The monoisotopic (exact) mass is 564 g/mol. The molecule has 3 aromatic heterocycles. The third kappa shape index (κ3) is 6.05. The van der Waals surface area contributed by atoms with Crippen molar-refractivity contribution in [2.24, 2.45) is 0 Å². The molecule has 0 saturated heterocycles. The highest BCUT2D eigenvalue weighted by Gasteiger charge is 2.22. The predicted molar refractivity (Wildman–Crippen MR) is 167 cm³/mol. The standard InChI is InChI=1S/C33H36N6O3/c1-5-6-17-39-31-26(11-8-14-36-31)29(23-9-7-10-24(20-23)42-4)30(32(39)40)38-33(41)37-27-18-22(12-13-25(27)21(2)3)19-28-34-15-16-35-28/h7-16,18,20-21H,5-6,17,19H2,1-4H3,(H,34,35)(H2,37,38,41). The van der Waals surface area contributed by atoms with Crippen LogP contribution >= 0.6 is 0 Å². The van der Waals surface area contributed by atoms with Crippen molar-refractivity contribution in [3.63, 3.8) is 0 Å². The molecule has 5 aromatic rings. The minimum Gasteiger partial charge on any atom is -0.497 e. The number of unbranched alkanes of at least 4 members (excludes halogenated alkanes) is 1. The number of hydrogen-bond acceptors (Lipinski definition) is 5. The molecule has 0 atom stereocenters. The van der Waals surface area contributed by atoms with Crippen LogP contribution in [-0.2, 0) is 13.0 Å². The first-order valence-electron chi connectivity index (χ1n) is 14.2. The number of nitrogens with one attached hydrogen (secondary N) is 3. The Kier molecular flexibility index (Phi) is 8.66. The third-order valence-electron chi connectivity index (χ3n) is 7.27. The number of carbonyl (C=O) groups is 1. The Hall–Kier alpha value is -4.92. The first kappa shape index (κ1) is 28.6. The average Bonchev–Trinajstić information content (AvgIpc) is 3.50. The van der Waals surface area contributed by atoms with Crippen molar-refractivity contribution >= 4 is 28.4 Å². The van der Waals surface area contributed by atoms with E-state index >= 15 is 0 Å². The van der Waals surface area contributed by atoms with Gasteiger partial charge in [0.15, 0.2) is 0 Å². The molecule has 0 fully saturated rings. The highest BCUT2D eigenvalue weighted by atomic mass is 16.5. The van der Waals surface area contributed by atoms with Crippen LogP contribution in [-0.4, -0.2) is 32.7 Å². The molecule has 9 heteroatoms. The molecule has 2 amide bonds. The molecular weight excluding hydrogens is 528 g/mol. The molecule has 0 aliphatic rings. The SMILES string of the molecule is CCCCn1c(=O)c(NC(=O)Nc2cc(Cc3ncc[nH]3)ccc2C(C)C)c(-c2cccc(OC)c2)c2cccnc21. The normalized spacial score (nSPS) is 11.2. The van der Waals surface area contributed by atoms with Gasteiger partial charge in [0.05, 0.1) is 7.11 Å². The Balaban J connectivity index is 1.59. The Morgan fingerprint density at radius 3 is 2.64 bits per heavy atom. The molecule has 42 heavy (non-hydrogen) atoms. The van der Waals surface area contributed by atoms with Crippen LogP contribution in [0.15, 0.2) is 78.0 Å². The van der Waals surface area contributed by atoms with Crippen LogP contribution in [0.3, 0.4) is 0 Å². The summed E-state index contributed by atoms with van der Waals surface area (Å²) >= 11 is 0. The van der Waals surface area contributed by atoms with E-state index in [0.29, 0.717) is 35.6 Å². The Morgan fingerprint density at radius 2 is 1.90 bits per heavy atom. The molecule has 0 bridgehead atoms. The molecule has 0 spiro atoms. The largest absolute Gasteiger partial charge is 0.497 e. The third-order valence-corrected chi connectivity index (χ3v) is 7.27. The number of aryl methyl sites for hydroxylation is 1. The zero-order chi connectivity index (χ0) is 29.6. The summed E-state index contributed by atoms with van der Waals surface area (Å²) in [4.78, 5) is 39.8. The second-order valence-corrected chi connectivity index (χ2v) is 10.5. The Labute approximate surface area is 245 Å². The zero-order valence-corrected chi connectivity index (χ0v) is 24.4. The zero-order valence-electron chi connectivity index (χ0n) is 24.4. The molecule has 9 nitrogen and oxygen atoms in total. The first-order valence-corrected chi connectivity index (χ1v) is 14.2. The van der Waals surface area contributed by atoms with Crippen LogP contribution in [0.25, 0.3) is 22.2 Å². The molecule has 0 radical (unpaired) electrons. The number of hydrogen-bond donors (Lipinski definition) is 3. The number of nitrogens with zero attached hydrogens (tertiary/aromatic N) is 3. The molecule has 2 aromatic carbocycles. The van der Waals surface area contributed by atoms with Gasteiger partial charge in [-0.1, -0.05) is 51.5 Å². The van der Waals surface area contributed by atoms with Crippen LogP contribution in [0, 0.1) is 0 Å². The van der Waals surface area contributed by atoms with Crippen molar-refractivity contribution < 1.29 is 9.53 Å². The van der Waals surface area contributed by atoms with E-state index < -0.39 is 6.03 Å². The number of fused-ring (bicyclic) bond motifs is 1. The fraction of sp³-hybridized carbons (Fsp3) is 0.273. The van der Waals surface area contributed by atoms with Gasteiger partial charge in [0.2, 0.25) is 0 Å². The van der Waals surface area contributed by atoms with Gasteiger partial charge < -0.3 is 20.4 Å². The summed E-state index contributed by atoms with van der Waals surface area (Å²) in [6.07, 6.45) is 7.50. The number of benzene rings is 2. The number of pyridine rings is 2. The van der Waals surface area contributed by atoms with Gasteiger partial charge in [0.25, 0.3) is 5.56 Å². The molecule has 0 aliphatic heterocycles. The van der Waals surface area contributed by atoms with Gasteiger partial charge >= 0.3 is 6.03 Å². The van der Waals surface area contributed by atoms with Crippen molar-refractivity contribution in [2.75, 3.05) is 17.7 Å². The van der Waals surface area contributed by atoms with E-state index in [1.54, 1.807) is 30.3 Å². The highest BCUT2D eigenvalue weighted by Crippen LogP contribution is 2.35. The minimum atomic E-state index is -0.501. The van der Waals surface area contributed by atoms with Gasteiger partial charge in [0.1, 0.15) is 22.9 Å². The second-order valence-electron chi connectivity index (χ2n) is 10.5. The maximum absolute atomic E-state index is 14.1. The number of imidazole rings is 1. The maximum Gasteiger partial charge on any atom is 0.323 e. The molecular formula is C33H36N6O3. The van der Waals surface area contributed by atoms with Gasteiger partial charge in [0, 0.05) is 48.2 Å². The Bertz CT molecular complexity index is 1760. The van der Waals surface area contributed by atoms with Crippen LogP contribution < -0.4 is 20.9 Å². The van der Waals surface area contributed by atoms with Crippen LogP contribution in [0.5, 0.6) is 5.75 Å². The number of amides is 2. The van der Waals surface area contributed by atoms with Gasteiger partial charge in [-0.3, -0.25) is 9.36 Å². The lowest BCUT2D eigenvalue weighted by atomic mass is 9.98. The van der Waals surface area contributed by atoms with Crippen LogP contribution in [0.1, 0.15) is 56.5 Å². The van der Waals surface area contributed by atoms with E-state index in [-0.39, 0.29) is 17.2 Å².